The van der Waals surface area contributed by atoms with Crippen LogP contribution in [0.25, 0.3) is 5.69 Å². The molecule has 0 fully saturated rings. The molecule has 1 unspecified atom stereocenters. The first-order chi connectivity index (χ1) is 14.9. The maximum atomic E-state index is 10.1. The SMILES string of the molecule is COc1cccc(-n2c(C)cc(CN(Cc3ccc4c(c3)OCO4)CC(C)O)c2C)c1. The van der Waals surface area contributed by atoms with Gasteiger partial charge in [-0.2, -0.15) is 0 Å². The van der Waals surface area contributed by atoms with Crippen molar-refractivity contribution in [3.05, 3.63) is 71.0 Å². The highest BCUT2D eigenvalue weighted by Crippen LogP contribution is 2.33. The predicted octanol–water partition coefficient (Wildman–Crippen LogP) is 4.21. The second-order valence-corrected chi connectivity index (χ2v) is 8.14. The van der Waals surface area contributed by atoms with Crippen LogP contribution in [0.3, 0.4) is 0 Å². The van der Waals surface area contributed by atoms with E-state index < -0.39 is 6.10 Å². The second-order valence-electron chi connectivity index (χ2n) is 8.14. The number of rotatable bonds is 8. The van der Waals surface area contributed by atoms with Crippen molar-refractivity contribution in [2.45, 2.75) is 40.0 Å². The predicted molar refractivity (Wildman–Crippen MR) is 120 cm³/mol. The van der Waals surface area contributed by atoms with Crippen molar-refractivity contribution in [2.24, 2.45) is 0 Å². The van der Waals surface area contributed by atoms with E-state index in [1.807, 2.05) is 37.3 Å². The Balaban J connectivity index is 1.58. The molecule has 4 rings (SSSR count). The molecule has 2 aromatic carbocycles. The first kappa shape index (κ1) is 21.3. The molecule has 1 aromatic heterocycles. The number of methoxy groups -OCH3 is 1. The van der Waals surface area contributed by atoms with Gasteiger partial charge in [0.05, 0.1) is 13.2 Å². The molecule has 164 valence electrons. The van der Waals surface area contributed by atoms with Crippen LogP contribution < -0.4 is 14.2 Å². The minimum atomic E-state index is -0.420. The van der Waals surface area contributed by atoms with Crippen LogP contribution in [0.15, 0.2) is 48.5 Å². The van der Waals surface area contributed by atoms with Crippen molar-refractivity contribution in [1.29, 1.82) is 0 Å². The molecule has 6 nitrogen and oxygen atoms in total. The molecular weight excluding hydrogens is 392 g/mol. The number of hydrogen-bond acceptors (Lipinski definition) is 5. The number of ether oxygens (including phenoxy) is 3. The minimum Gasteiger partial charge on any atom is -0.497 e. The van der Waals surface area contributed by atoms with E-state index in [4.69, 9.17) is 14.2 Å². The summed E-state index contributed by atoms with van der Waals surface area (Å²) in [5.41, 5.74) is 5.81. The zero-order chi connectivity index (χ0) is 22.0. The molecule has 1 aliphatic heterocycles. The summed E-state index contributed by atoms with van der Waals surface area (Å²) >= 11 is 0. The fourth-order valence-corrected chi connectivity index (χ4v) is 4.23. The molecular formula is C25H30N2O4. The lowest BCUT2D eigenvalue weighted by Crippen LogP contribution is -2.30. The van der Waals surface area contributed by atoms with Crippen LogP contribution >= 0.6 is 0 Å². The molecule has 1 aliphatic rings. The molecule has 0 spiro atoms. The molecule has 0 bridgehead atoms. The number of aromatic nitrogens is 1. The summed E-state index contributed by atoms with van der Waals surface area (Å²) in [7, 11) is 1.68. The van der Waals surface area contributed by atoms with Gasteiger partial charge < -0.3 is 23.9 Å². The first-order valence-corrected chi connectivity index (χ1v) is 10.6. The number of nitrogens with zero attached hydrogens (tertiary/aromatic N) is 2. The molecule has 3 aromatic rings. The van der Waals surface area contributed by atoms with Gasteiger partial charge in [0.25, 0.3) is 0 Å². The Kier molecular flexibility index (Phi) is 6.20. The summed E-state index contributed by atoms with van der Waals surface area (Å²) in [4.78, 5) is 2.26. The van der Waals surface area contributed by atoms with E-state index in [1.54, 1.807) is 7.11 Å². The van der Waals surface area contributed by atoms with Gasteiger partial charge >= 0.3 is 0 Å². The number of benzene rings is 2. The van der Waals surface area contributed by atoms with Crippen LogP contribution in [0.4, 0.5) is 0 Å². The van der Waals surface area contributed by atoms with Crippen molar-refractivity contribution in [2.75, 3.05) is 20.4 Å². The van der Waals surface area contributed by atoms with E-state index in [9.17, 15) is 5.11 Å². The topological polar surface area (TPSA) is 56.1 Å². The van der Waals surface area contributed by atoms with E-state index in [1.165, 1.54) is 17.0 Å². The third-order valence-electron chi connectivity index (χ3n) is 5.61. The molecule has 0 aliphatic carbocycles. The normalized spacial score (nSPS) is 13.6. The van der Waals surface area contributed by atoms with Crippen LogP contribution in [0.1, 0.15) is 29.4 Å². The summed E-state index contributed by atoms with van der Waals surface area (Å²) < 4.78 is 18.6. The Bertz CT molecular complexity index is 1060. The standard InChI is InChI=1S/C25H30N2O4/c1-17-10-21(19(3)27(17)22-6-5-7-23(12-22)29-4)15-26(13-18(2)28)14-20-8-9-24-25(11-20)31-16-30-24/h5-12,18,28H,13-16H2,1-4H3. The van der Waals surface area contributed by atoms with Crippen LogP contribution in [0.5, 0.6) is 17.2 Å². The Morgan fingerprint density at radius 2 is 1.87 bits per heavy atom. The zero-order valence-electron chi connectivity index (χ0n) is 18.6. The average Bonchev–Trinajstić information content (AvgIpc) is 3.31. The summed E-state index contributed by atoms with van der Waals surface area (Å²) in [6.07, 6.45) is -0.420. The van der Waals surface area contributed by atoms with Crippen molar-refractivity contribution >= 4 is 0 Å². The molecule has 1 N–H and O–H groups in total. The molecule has 0 amide bonds. The van der Waals surface area contributed by atoms with Gasteiger partial charge in [-0.3, -0.25) is 4.90 Å². The van der Waals surface area contributed by atoms with Gasteiger partial charge in [0.1, 0.15) is 5.75 Å². The smallest absolute Gasteiger partial charge is 0.231 e. The number of aryl methyl sites for hydroxylation is 1. The number of hydrogen-bond donors (Lipinski definition) is 1. The van der Waals surface area contributed by atoms with Gasteiger partial charge in [-0.1, -0.05) is 12.1 Å². The summed E-state index contributed by atoms with van der Waals surface area (Å²) in [5.74, 6) is 2.41. The van der Waals surface area contributed by atoms with Crippen molar-refractivity contribution in [3.8, 4) is 22.9 Å². The molecule has 0 saturated heterocycles. The van der Waals surface area contributed by atoms with E-state index in [-0.39, 0.29) is 6.79 Å². The summed E-state index contributed by atoms with van der Waals surface area (Å²) in [5, 5.41) is 10.1. The molecule has 1 atom stereocenters. The summed E-state index contributed by atoms with van der Waals surface area (Å²) in [6, 6.07) is 16.4. The fraction of sp³-hybridized carbons (Fsp3) is 0.360. The zero-order valence-corrected chi connectivity index (χ0v) is 18.6. The van der Waals surface area contributed by atoms with E-state index in [2.05, 4.69) is 41.5 Å². The molecule has 31 heavy (non-hydrogen) atoms. The van der Waals surface area contributed by atoms with E-state index in [0.29, 0.717) is 13.1 Å². The highest BCUT2D eigenvalue weighted by molar-refractivity contribution is 5.46. The average molecular weight is 423 g/mol. The lowest BCUT2D eigenvalue weighted by molar-refractivity contribution is 0.118. The largest absolute Gasteiger partial charge is 0.497 e. The van der Waals surface area contributed by atoms with E-state index in [0.717, 1.165) is 35.0 Å². The quantitative estimate of drug-likeness (QED) is 0.589. The Morgan fingerprint density at radius 3 is 2.65 bits per heavy atom. The van der Waals surface area contributed by atoms with Crippen molar-refractivity contribution in [3.63, 3.8) is 0 Å². The fourth-order valence-electron chi connectivity index (χ4n) is 4.23. The minimum absolute atomic E-state index is 0.270. The Labute approximate surface area is 183 Å². The van der Waals surface area contributed by atoms with Crippen molar-refractivity contribution < 1.29 is 19.3 Å². The van der Waals surface area contributed by atoms with Gasteiger partial charge in [-0.05, 0) is 62.2 Å². The van der Waals surface area contributed by atoms with Gasteiger partial charge in [0.15, 0.2) is 11.5 Å². The van der Waals surface area contributed by atoms with Crippen LogP contribution in [-0.2, 0) is 13.1 Å². The highest BCUT2D eigenvalue weighted by Gasteiger charge is 2.18. The van der Waals surface area contributed by atoms with Gasteiger partial charge in [0.2, 0.25) is 6.79 Å². The lowest BCUT2D eigenvalue weighted by Gasteiger charge is -2.24. The number of fused-ring (bicyclic) bond motifs is 1. The Morgan fingerprint density at radius 1 is 1.06 bits per heavy atom. The van der Waals surface area contributed by atoms with Crippen molar-refractivity contribution in [1.82, 2.24) is 9.47 Å². The molecule has 0 radical (unpaired) electrons. The maximum Gasteiger partial charge on any atom is 0.231 e. The monoisotopic (exact) mass is 422 g/mol. The molecule has 6 heteroatoms. The third-order valence-corrected chi connectivity index (χ3v) is 5.61. The van der Waals surface area contributed by atoms with Crippen LogP contribution in [0.2, 0.25) is 0 Å². The Hall–Kier alpha value is -2.96. The molecule has 2 heterocycles. The molecule has 0 saturated carbocycles. The second kappa shape index (κ2) is 9.04. The van der Waals surface area contributed by atoms with Crippen LogP contribution in [-0.4, -0.2) is 41.1 Å². The maximum absolute atomic E-state index is 10.1. The van der Waals surface area contributed by atoms with E-state index >= 15 is 0 Å². The van der Waals surface area contributed by atoms with Gasteiger partial charge in [0, 0.05) is 42.8 Å². The third kappa shape index (κ3) is 4.70. The number of aliphatic hydroxyl groups is 1. The summed E-state index contributed by atoms with van der Waals surface area (Å²) in [6.45, 7) is 8.39. The van der Waals surface area contributed by atoms with Gasteiger partial charge in [-0.25, -0.2) is 0 Å². The number of aliphatic hydroxyl groups excluding tert-OH is 1. The first-order valence-electron chi connectivity index (χ1n) is 10.6. The lowest BCUT2D eigenvalue weighted by atomic mass is 10.1. The van der Waals surface area contributed by atoms with Gasteiger partial charge in [-0.15, -0.1) is 0 Å². The van der Waals surface area contributed by atoms with Crippen LogP contribution in [0, 0.1) is 13.8 Å². The highest BCUT2D eigenvalue weighted by atomic mass is 16.7.